The van der Waals surface area contributed by atoms with E-state index in [1.54, 1.807) is 7.11 Å². The first-order chi connectivity index (χ1) is 11.2. The summed E-state index contributed by atoms with van der Waals surface area (Å²) in [5.41, 5.74) is 2.91. The monoisotopic (exact) mass is 315 g/mol. The number of methoxy groups -OCH3 is 1. The molecule has 0 radical (unpaired) electrons. The number of aliphatic imine (C=N–C) groups is 1. The molecule has 0 atom stereocenters. The molecule has 4 heteroatoms. The lowest BCUT2D eigenvalue weighted by molar-refractivity contribution is 0.409. The minimum atomic E-state index is 0.581. The number of hydrogen-bond donors (Lipinski definition) is 2. The van der Waals surface area contributed by atoms with E-state index in [1.165, 1.54) is 31.2 Å². The van der Waals surface area contributed by atoms with Crippen molar-refractivity contribution in [3.05, 3.63) is 29.3 Å². The van der Waals surface area contributed by atoms with Gasteiger partial charge in [0.25, 0.3) is 0 Å². The van der Waals surface area contributed by atoms with E-state index in [-0.39, 0.29) is 0 Å². The van der Waals surface area contributed by atoms with Crippen molar-refractivity contribution in [1.82, 2.24) is 10.6 Å². The number of rotatable bonds is 7. The molecule has 23 heavy (non-hydrogen) atoms. The number of hydrogen-bond acceptors (Lipinski definition) is 2. The van der Waals surface area contributed by atoms with Gasteiger partial charge in [0, 0.05) is 18.7 Å². The van der Waals surface area contributed by atoms with Crippen LogP contribution in [-0.2, 0) is 6.54 Å². The highest BCUT2D eigenvalue weighted by molar-refractivity contribution is 5.79. The number of guanidine groups is 1. The van der Waals surface area contributed by atoms with Gasteiger partial charge in [0.15, 0.2) is 5.96 Å². The van der Waals surface area contributed by atoms with E-state index in [0.717, 1.165) is 36.3 Å². The predicted octanol–water partition coefficient (Wildman–Crippen LogP) is 3.25. The van der Waals surface area contributed by atoms with Crippen LogP contribution in [-0.4, -0.2) is 26.2 Å². The average Bonchev–Trinajstić information content (AvgIpc) is 3.43. The summed E-state index contributed by atoms with van der Waals surface area (Å²) in [4.78, 5) is 4.75. The number of nitrogens with one attached hydrogen (secondary N) is 2. The van der Waals surface area contributed by atoms with Crippen molar-refractivity contribution in [1.29, 1.82) is 0 Å². The lowest BCUT2D eigenvalue weighted by atomic mass is 10.0. The van der Waals surface area contributed by atoms with Gasteiger partial charge in [-0.15, -0.1) is 0 Å². The van der Waals surface area contributed by atoms with Crippen LogP contribution in [0.5, 0.6) is 5.75 Å². The molecule has 4 nitrogen and oxygen atoms in total. The smallest absolute Gasteiger partial charge is 0.191 e. The Morgan fingerprint density at radius 1 is 1.30 bits per heavy atom. The summed E-state index contributed by atoms with van der Waals surface area (Å²) in [6.45, 7) is 6.77. The van der Waals surface area contributed by atoms with Crippen LogP contribution in [0.4, 0.5) is 0 Å². The van der Waals surface area contributed by atoms with E-state index in [0.29, 0.717) is 12.0 Å². The van der Waals surface area contributed by atoms with Crippen molar-refractivity contribution in [2.45, 2.75) is 46.1 Å². The Kier molecular flexibility index (Phi) is 4.79. The Hall–Kier alpha value is -1.71. The molecule has 1 aromatic carbocycles. The molecule has 0 unspecified atom stereocenters. The Morgan fingerprint density at radius 3 is 2.70 bits per heavy atom. The normalized spacial score (nSPS) is 19.3. The first kappa shape index (κ1) is 16.2. The Bertz CT molecular complexity index is 574. The average molecular weight is 315 g/mol. The van der Waals surface area contributed by atoms with Gasteiger partial charge in [-0.3, -0.25) is 0 Å². The molecule has 3 rings (SSSR count). The zero-order valence-corrected chi connectivity index (χ0v) is 14.6. The highest BCUT2D eigenvalue weighted by atomic mass is 16.5. The van der Waals surface area contributed by atoms with Crippen molar-refractivity contribution in [3.63, 3.8) is 0 Å². The van der Waals surface area contributed by atoms with Crippen LogP contribution < -0.4 is 15.4 Å². The Balaban J connectivity index is 1.62. The molecule has 126 valence electrons. The van der Waals surface area contributed by atoms with Crippen molar-refractivity contribution in [3.8, 4) is 5.75 Å². The van der Waals surface area contributed by atoms with E-state index in [9.17, 15) is 0 Å². The van der Waals surface area contributed by atoms with E-state index in [2.05, 4.69) is 42.7 Å². The Labute approximate surface area is 139 Å². The molecule has 0 aliphatic heterocycles. The summed E-state index contributed by atoms with van der Waals surface area (Å²) in [6, 6.07) is 6.28. The molecule has 0 heterocycles. The van der Waals surface area contributed by atoms with Gasteiger partial charge in [-0.2, -0.15) is 0 Å². The van der Waals surface area contributed by atoms with E-state index < -0.39 is 0 Å². The van der Waals surface area contributed by atoms with Crippen molar-refractivity contribution in [2.75, 3.05) is 20.2 Å². The topological polar surface area (TPSA) is 45.7 Å². The molecule has 2 aliphatic rings. The summed E-state index contributed by atoms with van der Waals surface area (Å²) in [5, 5.41) is 6.92. The van der Waals surface area contributed by atoms with Crippen LogP contribution >= 0.6 is 0 Å². The molecule has 2 aliphatic carbocycles. The highest BCUT2D eigenvalue weighted by Crippen LogP contribution is 2.60. The zero-order chi connectivity index (χ0) is 16.3. The summed E-state index contributed by atoms with van der Waals surface area (Å²) in [7, 11) is 1.72. The third kappa shape index (κ3) is 3.98. The van der Waals surface area contributed by atoms with Crippen LogP contribution in [0.15, 0.2) is 23.2 Å². The van der Waals surface area contributed by atoms with E-state index >= 15 is 0 Å². The van der Waals surface area contributed by atoms with Gasteiger partial charge in [-0.1, -0.05) is 12.1 Å². The van der Waals surface area contributed by atoms with Gasteiger partial charge in [-0.05, 0) is 62.5 Å². The third-order valence-electron chi connectivity index (χ3n) is 5.14. The second-order valence-electron chi connectivity index (χ2n) is 7.00. The number of nitrogens with zero attached hydrogens (tertiary/aromatic N) is 1. The summed E-state index contributed by atoms with van der Waals surface area (Å²) in [6.07, 6.45) is 5.62. The molecule has 0 aromatic heterocycles. The molecular weight excluding hydrogens is 286 g/mol. The van der Waals surface area contributed by atoms with Crippen LogP contribution in [0.2, 0.25) is 0 Å². The largest absolute Gasteiger partial charge is 0.496 e. The fourth-order valence-corrected chi connectivity index (χ4v) is 3.33. The maximum atomic E-state index is 5.47. The number of ether oxygens (including phenoxy) is 1. The van der Waals surface area contributed by atoms with E-state index in [4.69, 9.17) is 9.73 Å². The molecule has 0 bridgehead atoms. The van der Waals surface area contributed by atoms with Crippen LogP contribution in [0.25, 0.3) is 0 Å². The first-order valence-corrected chi connectivity index (χ1v) is 8.82. The molecule has 0 saturated heterocycles. The first-order valence-electron chi connectivity index (χ1n) is 8.82. The molecule has 1 aromatic rings. The van der Waals surface area contributed by atoms with Gasteiger partial charge in [0.1, 0.15) is 5.75 Å². The third-order valence-corrected chi connectivity index (χ3v) is 5.14. The fraction of sp³-hybridized carbons (Fsp3) is 0.632. The highest BCUT2D eigenvalue weighted by Gasteiger charge is 2.53. The molecule has 0 spiro atoms. The van der Waals surface area contributed by atoms with Crippen LogP contribution in [0.1, 0.15) is 43.7 Å². The summed E-state index contributed by atoms with van der Waals surface area (Å²) in [5.74, 6) is 2.80. The van der Waals surface area contributed by atoms with Crippen molar-refractivity contribution < 1.29 is 4.74 Å². The zero-order valence-electron chi connectivity index (χ0n) is 14.6. The van der Waals surface area contributed by atoms with Gasteiger partial charge in [-0.25, -0.2) is 4.99 Å². The molecule has 0 amide bonds. The predicted molar refractivity (Wildman–Crippen MR) is 94.9 cm³/mol. The molecule has 2 N–H and O–H groups in total. The van der Waals surface area contributed by atoms with Crippen molar-refractivity contribution >= 4 is 5.96 Å². The number of benzene rings is 1. The lowest BCUT2D eigenvalue weighted by Gasteiger charge is -2.18. The van der Waals surface area contributed by atoms with Crippen LogP contribution in [0.3, 0.4) is 0 Å². The minimum absolute atomic E-state index is 0.581. The van der Waals surface area contributed by atoms with Gasteiger partial charge >= 0.3 is 0 Å². The standard InChI is InChI=1S/C19H29N3O/c1-4-20-18(22-13-19(9-10-19)16-7-8-16)21-12-15-6-5-14(2)11-17(15)23-3/h5-6,11,16H,4,7-10,12-13H2,1-3H3,(H2,20,21,22). The molecular formula is C19H29N3O. The Morgan fingerprint density at radius 2 is 2.09 bits per heavy atom. The second-order valence-corrected chi connectivity index (χ2v) is 7.00. The molecule has 2 saturated carbocycles. The second kappa shape index (κ2) is 6.81. The quantitative estimate of drug-likeness (QED) is 0.600. The number of aryl methyl sites for hydroxylation is 1. The van der Waals surface area contributed by atoms with Gasteiger partial charge in [0.05, 0.1) is 13.7 Å². The maximum absolute atomic E-state index is 5.47. The SMILES string of the molecule is CCNC(=NCc1ccc(C)cc1OC)NCC1(C2CC2)CC1. The van der Waals surface area contributed by atoms with E-state index in [1.807, 2.05) is 0 Å². The van der Waals surface area contributed by atoms with Crippen LogP contribution in [0, 0.1) is 18.3 Å². The van der Waals surface area contributed by atoms with Crippen molar-refractivity contribution in [2.24, 2.45) is 16.3 Å². The lowest BCUT2D eigenvalue weighted by Crippen LogP contribution is -2.40. The fourth-order valence-electron chi connectivity index (χ4n) is 3.33. The maximum Gasteiger partial charge on any atom is 0.191 e. The summed E-state index contributed by atoms with van der Waals surface area (Å²) >= 11 is 0. The minimum Gasteiger partial charge on any atom is -0.496 e. The molecule has 2 fully saturated rings. The van der Waals surface area contributed by atoms with Gasteiger partial charge < -0.3 is 15.4 Å². The summed E-state index contributed by atoms with van der Waals surface area (Å²) < 4.78 is 5.47. The van der Waals surface area contributed by atoms with Gasteiger partial charge in [0.2, 0.25) is 0 Å².